The standard InChI is InChI=1S/C18H18FN5/c1-3-13-6-4-5-12(2)17(13)22-16-11-20-24-18(23-16)21-15-9-7-14(19)8-10-15/h4-11H,3H2,1-2H3,(H2,21,22,23,24). The molecule has 0 fully saturated rings. The van der Waals surface area contributed by atoms with Gasteiger partial charge in [0, 0.05) is 11.4 Å². The van der Waals surface area contributed by atoms with Crippen molar-refractivity contribution in [1.29, 1.82) is 0 Å². The third-order valence-corrected chi connectivity index (χ3v) is 3.65. The van der Waals surface area contributed by atoms with Crippen LogP contribution < -0.4 is 10.6 Å². The molecule has 0 aliphatic heterocycles. The minimum absolute atomic E-state index is 0.290. The van der Waals surface area contributed by atoms with E-state index in [-0.39, 0.29) is 5.82 Å². The lowest BCUT2D eigenvalue weighted by Gasteiger charge is -2.13. The van der Waals surface area contributed by atoms with Gasteiger partial charge in [0.2, 0.25) is 5.95 Å². The molecule has 0 aliphatic rings. The van der Waals surface area contributed by atoms with E-state index in [4.69, 9.17) is 0 Å². The molecule has 24 heavy (non-hydrogen) atoms. The lowest BCUT2D eigenvalue weighted by Crippen LogP contribution is -2.04. The van der Waals surface area contributed by atoms with Gasteiger partial charge < -0.3 is 10.6 Å². The summed E-state index contributed by atoms with van der Waals surface area (Å²) in [5.74, 6) is 0.651. The van der Waals surface area contributed by atoms with Crippen molar-refractivity contribution in [1.82, 2.24) is 15.2 Å². The van der Waals surface area contributed by atoms with E-state index in [1.165, 1.54) is 17.7 Å². The van der Waals surface area contributed by atoms with E-state index in [1.54, 1.807) is 18.3 Å². The Labute approximate surface area is 140 Å². The van der Waals surface area contributed by atoms with E-state index >= 15 is 0 Å². The Balaban J connectivity index is 1.82. The highest BCUT2D eigenvalue weighted by atomic mass is 19.1. The number of anilines is 4. The van der Waals surface area contributed by atoms with Gasteiger partial charge >= 0.3 is 0 Å². The van der Waals surface area contributed by atoms with E-state index in [0.717, 1.165) is 17.7 Å². The number of halogens is 1. The molecule has 0 atom stereocenters. The van der Waals surface area contributed by atoms with E-state index in [0.29, 0.717) is 17.5 Å². The summed E-state index contributed by atoms with van der Waals surface area (Å²) in [5, 5.41) is 14.2. The van der Waals surface area contributed by atoms with Crippen LogP contribution in [0.5, 0.6) is 0 Å². The maximum Gasteiger partial charge on any atom is 0.249 e. The minimum atomic E-state index is -0.290. The second kappa shape index (κ2) is 7.04. The molecule has 0 amide bonds. The Kier molecular flexibility index (Phi) is 4.65. The summed E-state index contributed by atoms with van der Waals surface area (Å²) in [7, 11) is 0. The van der Waals surface area contributed by atoms with Gasteiger partial charge in [-0.1, -0.05) is 25.1 Å². The van der Waals surface area contributed by atoms with Gasteiger partial charge in [0.1, 0.15) is 5.82 Å². The SMILES string of the molecule is CCc1cccc(C)c1Nc1cnnc(Nc2ccc(F)cc2)n1. The zero-order valence-electron chi connectivity index (χ0n) is 13.5. The summed E-state index contributed by atoms with van der Waals surface area (Å²) in [6.45, 7) is 4.16. The lowest BCUT2D eigenvalue weighted by molar-refractivity contribution is 0.628. The van der Waals surface area contributed by atoms with Crippen molar-refractivity contribution in [3.63, 3.8) is 0 Å². The largest absolute Gasteiger partial charge is 0.338 e. The third-order valence-electron chi connectivity index (χ3n) is 3.65. The van der Waals surface area contributed by atoms with Crippen LogP contribution in [0.1, 0.15) is 18.1 Å². The molecule has 0 saturated carbocycles. The predicted octanol–water partition coefficient (Wildman–Crippen LogP) is 4.37. The van der Waals surface area contributed by atoms with Crippen LogP contribution in [0, 0.1) is 12.7 Å². The Bertz CT molecular complexity index is 833. The molecule has 6 heteroatoms. The zero-order valence-corrected chi connectivity index (χ0v) is 13.5. The van der Waals surface area contributed by atoms with Crippen LogP contribution in [0.3, 0.4) is 0 Å². The molecule has 5 nitrogen and oxygen atoms in total. The molecule has 0 spiro atoms. The van der Waals surface area contributed by atoms with Crippen LogP contribution in [0.4, 0.5) is 27.5 Å². The van der Waals surface area contributed by atoms with Gasteiger partial charge in [0.15, 0.2) is 5.82 Å². The van der Waals surface area contributed by atoms with E-state index in [1.807, 2.05) is 19.1 Å². The highest BCUT2D eigenvalue weighted by Gasteiger charge is 2.07. The normalized spacial score (nSPS) is 10.5. The molecule has 0 aliphatic carbocycles. The summed E-state index contributed by atoms with van der Waals surface area (Å²) in [5.41, 5.74) is 4.08. The van der Waals surface area contributed by atoms with E-state index in [9.17, 15) is 4.39 Å². The fourth-order valence-corrected chi connectivity index (χ4v) is 2.41. The lowest BCUT2D eigenvalue weighted by atomic mass is 10.1. The van der Waals surface area contributed by atoms with Gasteiger partial charge in [-0.05, 0) is 48.7 Å². The zero-order chi connectivity index (χ0) is 16.9. The van der Waals surface area contributed by atoms with Crippen LogP contribution >= 0.6 is 0 Å². The Morgan fingerprint density at radius 2 is 1.83 bits per heavy atom. The second-order valence-corrected chi connectivity index (χ2v) is 5.38. The molecule has 2 N–H and O–H groups in total. The first kappa shape index (κ1) is 15.9. The molecule has 2 aromatic carbocycles. The number of nitrogens with zero attached hydrogens (tertiary/aromatic N) is 3. The number of hydrogen-bond donors (Lipinski definition) is 2. The molecule has 0 unspecified atom stereocenters. The minimum Gasteiger partial charge on any atom is -0.338 e. The number of aryl methyl sites for hydroxylation is 2. The molecule has 1 heterocycles. The van der Waals surface area contributed by atoms with Gasteiger partial charge in [0.05, 0.1) is 6.20 Å². The monoisotopic (exact) mass is 323 g/mol. The first-order chi connectivity index (χ1) is 11.7. The molecule has 3 rings (SSSR count). The molecule has 0 bridgehead atoms. The van der Waals surface area contributed by atoms with Crippen molar-refractivity contribution in [2.45, 2.75) is 20.3 Å². The van der Waals surface area contributed by atoms with Crippen LogP contribution in [0.25, 0.3) is 0 Å². The highest BCUT2D eigenvalue weighted by molar-refractivity contribution is 5.65. The number of rotatable bonds is 5. The summed E-state index contributed by atoms with van der Waals surface area (Å²) >= 11 is 0. The van der Waals surface area contributed by atoms with E-state index in [2.05, 4.69) is 38.8 Å². The van der Waals surface area contributed by atoms with Crippen molar-refractivity contribution < 1.29 is 4.39 Å². The fraction of sp³-hybridized carbons (Fsp3) is 0.167. The Morgan fingerprint density at radius 1 is 1.04 bits per heavy atom. The fourth-order valence-electron chi connectivity index (χ4n) is 2.41. The van der Waals surface area contributed by atoms with Crippen LogP contribution in [-0.4, -0.2) is 15.2 Å². The summed E-state index contributed by atoms with van der Waals surface area (Å²) in [4.78, 5) is 4.41. The third kappa shape index (κ3) is 3.65. The second-order valence-electron chi connectivity index (χ2n) is 5.38. The summed E-state index contributed by atoms with van der Waals surface area (Å²) < 4.78 is 13.0. The molecule has 0 radical (unpaired) electrons. The van der Waals surface area contributed by atoms with Crippen molar-refractivity contribution in [2.75, 3.05) is 10.6 Å². The van der Waals surface area contributed by atoms with Crippen LogP contribution in [0.2, 0.25) is 0 Å². The number of para-hydroxylation sites is 1. The number of nitrogens with one attached hydrogen (secondary N) is 2. The van der Waals surface area contributed by atoms with Gasteiger partial charge in [-0.3, -0.25) is 0 Å². The Morgan fingerprint density at radius 3 is 2.58 bits per heavy atom. The van der Waals surface area contributed by atoms with E-state index < -0.39 is 0 Å². The topological polar surface area (TPSA) is 62.7 Å². The molecule has 3 aromatic rings. The Hall–Kier alpha value is -3.02. The summed E-state index contributed by atoms with van der Waals surface area (Å²) in [6.07, 6.45) is 2.49. The number of aromatic nitrogens is 3. The number of benzene rings is 2. The average molecular weight is 323 g/mol. The molecular formula is C18H18FN5. The maximum atomic E-state index is 13.0. The molecule has 0 saturated heterocycles. The molecular weight excluding hydrogens is 305 g/mol. The van der Waals surface area contributed by atoms with Crippen molar-refractivity contribution in [3.05, 3.63) is 65.6 Å². The van der Waals surface area contributed by atoms with Gasteiger partial charge in [-0.25, -0.2) is 4.39 Å². The van der Waals surface area contributed by atoms with Gasteiger partial charge in [-0.15, -0.1) is 5.10 Å². The van der Waals surface area contributed by atoms with Gasteiger partial charge in [0.25, 0.3) is 0 Å². The number of hydrogen-bond acceptors (Lipinski definition) is 5. The first-order valence-corrected chi connectivity index (χ1v) is 7.73. The first-order valence-electron chi connectivity index (χ1n) is 7.73. The average Bonchev–Trinajstić information content (AvgIpc) is 2.59. The quantitative estimate of drug-likeness (QED) is 0.730. The molecule has 122 valence electrons. The molecule has 1 aromatic heterocycles. The smallest absolute Gasteiger partial charge is 0.249 e. The van der Waals surface area contributed by atoms with Crippen LogP contribution in [0.15, 0.2) is 48.7 Å². The summed E-state index contributed by atoms with van der Waals surface area (Å²) in [6, 6.07) is 12.2. The predicted molar refractivity (Wildman–Crippen MR) is 93.3 cm³/mol. The maximum absolute atomic E-state index is 13.0. The highest BCUT2D eigenvalue weighted by Crippen LogP contribution is 2.24. The van der Waals surface area contributed by atoms with Gasteiger partial charge in [-0.2, -0.15) is 10.1 Å². The van der Waals surface area contributed by atoms with Crippen molar-refractivity contribution >= 4 is 23.1 Å². The van der Waals surface area contributed by atoms with Crippen molar-refractivity contribution in [3.8, 4) is 0 Å². The van der Waals surface area contributed by atoms with Crippen molar-refractivity contribution in [2.24, 2.45) is 0 Å². The van der Waals surface area contributed by atoms with Crippen LogP contribution in [-0.2, 0) is 6.42 Å².